The molecule has 2 heterocycles. The molecule has 1 N–H and O–H groups in total. The average molecular weight is 466 g/mol. The number of imidazole rings is 1. The first-order valence-corrected chi connectivity index (χ1v) is 11.1. The second-order valence-corrected chi connectivity index (χ2v) is 8.81. The fourth-order valence-electron chi connectivity index (χ4n) is 3.91. The molecule has 0 aliphatic heterocycles. The quantitative estimate of drug-likeness (QED) is 0.566. The third kappa shape index (κ3) is 3.87. The highest BCUT2D eigenvalue weighted by Gasteiger charge is 2.34. The smallest absolute Gasteiger partial charge is 0.333 e. The summed E-state index contributed by atoms with van der Waals surface area (Å²) in [5, 5.41) is 0. The van der Waals surface area contributed by atoms with E-state index in [1.807, 2.05) is 0 Å². The number of hydrogen-bond acceptors (Lipinski definition) is 5. The van der Waals surface area contributed by atoms with Gasteiger partial charge in [-0.25, -0.2) is 18.6 Å². The van der Waals surface area contributed by atoms with Crippen molar-refractivity contribution >= 4 is 16.9 Å². The number of H-pyrrole nitrogens is 1. The maximum absolute atomic E-state index is 13.6. The second-order valence-electron chi connectivity index (χ2n) is 8.81. The molecule has 2 aliphatic carbocycles. The van der Waals surface area contributed by atoms with E-state index in [0.29, 0.717) is 28.5 Å². The predicted octanol–water partition coefficient (Wildman–Crippen LogP) is 2.73. The van der Waals surface area contributed by atoms with Crippen molar-refractivity contribution in [1.82, 2.24) is 24.0 Å². The molecule has 10 heteroatoms. The molecule has 2 fully saturated rings. The molecule has 0 radical (unpaired) electrons. The van der Waals surface area contributed by atoms with Crippen molar-refractivity contribution in [2.24, 2.45) is 0 Å². The van der Waals surface area contributed by atoms with Crippen molar-refractivity contribution in [2.75, 3.05) is 25.5 Å². The lowest BCUT2D eigenvalue weighted by atomic mass is 10.3. The van der Waals surface area contributed by atoms with Crippen LogP contribution in [0.4, 0.5) is 14.5 Å². The van der Waals surface area contributed by atoms with Gasteiger partial charge in [0.15, 0.2) is 28.6 Å². The number of anilines is 1. The van der Waals surface area contributed by atoms with Crippen LogP contribution in [0.25, 0.3) is 11.2 Å². The summed E-state index contributed by atoms with van der Waals surface area (Å²) in [6.07, 6.45) is 3.46. The van der Waals surface area contributed by atoms with E-state index in [1.54, 1.807) is 28.5 Å². The van der Waals surface area contributed by atoms with Crippen LogP contribution in [0.15, 0.2) is 40.2 Å². The van der Waals surface area contributed by atoms with Gasteiger partial charge in [-0.2, -0.15) is 0 Å². The summed E-state index contributed by atoms with van der Waals surface area (Å²) in [5.41, 5.74) is 0.475. The lowest BCUT2D eigenvalue weighted by Crippen LogP contribution is -2.39. The predicted molar refractivity (Wildman–Crippen MR) is 125 cm³/mol. The number of nitrogens with one attached hydrogen (secondary N) is 1. The van der Waals surface area contributed by atoms with Crippen molar-refractivity contribution in [1.29, 1.82) is 0 Å². The van der Waals surface area contributed by atoms with Crippen LogP contribution >= 0.6 is 0 Å². The van der Waals surface area contributed by atoms with E-state index in [2.05, 4.69) is 28.4 Å². The summed E-state index contributed by atoms with van der Waals surface area (Å²) >= 11 is 0. The zero-order valence-electron chi connectivity index (χ0n) is 18.9. The molecule has 0 atom stereocenters. The van der Waals surface area contributed by atoms with Crippen molar-refractivity contribution in [2.45, 2.75) is 37.8 Å². The van der Waals surface area contributed by atoms with Gasteiger partial charge in [0.05, 0.1) is 6.54 Å². The Bertz CT molecular complexity index is 1480. The Labute approximate surface area is 194 Å². The minimum Gasteiger partial charge on any atom is -0.350 e. The van der Waals surface area contributed by atoms with Gasteiger partial charge < -0.3 is 14.8 Å². The molecule has 3 aromatic rings. The van der Waals surface area contributed by atoms with E-state index < -0.39 is 11.6 Å². The van der Waals surface area contributed by atoms with E-state index in [4.69, 9.17) is 0 Å². The Kier molecular flexibility index (Phi) is 5.27. The van der Waals surface area contributed by atoms with Gasteiger partial charge in [0.25, 0.3) is 5.56 Å². The number of aromatic nitrogens is 4. The molecule has 34 heavy (non-hydrogen) atoms. The van der Waals surface area contributed by atoms with Gasteiger partial charge in [0.2, 0.25) is 0 Å². The molecule has 2 aromatic heterocycles. The monoisotopic (exact) mass is 466 g/mol. The van der Waals surface area contributed by atoms with Crippen LogP contribution in [-0.4, -0.2) is 44.6 Å². The van der Waals surface area contributed by atoms with E-state index in [9.17, 15) is 18.4 Å². The van der Waals surface area contributed by atoms with Crippen LogP contribution in [0, 0.1) is 23.5 Å². The summed E-state index contributed by atoms with van der Waals surface area (Å²) in [7, 11) is 3.46. The van der Waals surface area contributed by atoms with Crippen LogP contribution < -0.4 is 16.1 Å². The maximum Gasteiger partial charge on any atom is 0.333 e. The zero-order valence-corrected chi connectivity index (χ0v) is 18.9. The summed E-state index contributed by atoms with van der Waals surface area (Å²) in [6.45, 7) is 4.27. The van der Waals surface area contributed by atoms with Gasteiger partial charge in [-0.05, 0) is 43.7 Å². The average Bonchev–Trinajstić information content (AvgIpc) is 3.74. The SMILES string of the molecule is C=C(N(C)CC#Cc1nc2c([nH]1)c(=O)n(C1CC1)c(=O)n2C1CC1)N(C)c1ccc(F)c(F)c1. The van der Waals surface area contributed by atoms with Crippen molar-refractivity contribution < 1.29 is 8.78 Å². The number of halogens is 2. The molecule has 2 saturated carbocycles. The normalized spacial score (nSPS) is 15.2. The number of rotatable bonds is 6. The van der Waals surface area contributed by atoms with Gasteiger partial charge in [-0.15, -0.1) is 0 Å². The number of fused-ring (bicyclic) bond motifs is 1. The molecule has 5 rings (SSSR count). The summed E-state index contributed by atoms with van der Waals surface area (Å²) in [6, 6.07) is 3.67. The number of nitrogens with zero attached hydrogens (tertiary/aromatic N) is 5. The maximum atomic E-state index is 13.6. The standard InChI is InChI=1S/C24H24F2N6O2/c1-14(30(3)17-10-11-18(25)19(26)13-17)29(2)12-4-5-20-27-21-22(28-20)31(15-6-7-15)24(34)32(23(21)33)16-8-9-16/h10-11,13,15-16H,1,6-9,12H2,2-3H3,(H,27,28). The van der Waals surface area contributed by atoms with Crippen molar-refractivity contribution in [3.8, 4) is 11.8 Å². The molecule has 176 valence electrons. The number of benzene rings is 1. The van der Waals surface area contributed by atoms with E-state index in [-0.39, 0.29) is 29.9 Å². The van der Waals surface area contributed by atoms with Gasteiger partial charge in [-0.1, -0.05) is 12.5 Å². The second kappa shape index (κ2) is 8.17. The molecule has 0 spiro atoms. The first-order valence-electron chi connectivity index (χ1n) is 11.1. The van der Waals surface area contributed by atoms with Gasteiger partial charge in [0, 0.05) is 37.9 Å². The highest BCUT2D eigenvalue weighted by molar-refractivity contribution is 5.71. The third-order valence-corrected chi connectivity index (χ3v) is 6.22. The van der Waals surface area contributed by atoms with E-state index >= 15 is 0 Å². The van der Waals surface area contributed by atoms with E-state index in [0.717, 1.165) is 37.8 Å². The minimum absolute atomic E-state index is 0.0292. The molecule has 0 amide bonds. The van der Waals surface area contributed by atoms with Crippen LogP contribution in [0.3, 0.4) is 0 Å². The van der Waals surface area contributed by atoms with Crippen LogP contribution in [0.1, 0.15) is 43.6 Å². The molecule has 2 aliphatic rings. The molecule has 8 nitrogen and oxygen atoms in total. The van der Waals surface area contributed by atoms with Crippen molar-refractivity contribution in [3.63, 3.8) is 0 Å². The molecular weight excluding hydrogens is 442 g/mol. The first-order chi connectivity index (χ1) is 16.3. The Balaban J connectivity index is 1.37. The van der Waals surface area contributed by atoms with Crippen molar-refractivity contribution in [3.05, 3.63) is 68.9 Å². The molecular formula is C24H24F2N6O2. The lowest BCUT2D eigenvalue weighted by Gasteiger charge is -2.28. The van der Waals surface area contributed by atoms with Crippen LogP contribution in [0.2, 0.25) is 0 Å². The highest BCUT2D eigenvalue weighted by atomic mass is 19.2. The molecule has 0 bridgehead atoms. The van der Waals surface area contributed by atoms with E-state index in [1.165, 1.54) is 10.6 Å². The van der Waals surface area contributed by atoms with Crippen LogP contribution in [0.5, 0.6) is 0 Å². The topological polar surface area (TPSA) is 79.2 Å². The molecule has 0 saturated heterocycles. The van der Waals surface area contributed by atoms with Gasteiger partial charge >= 0.3 is 5.69 Å². The summed E-state index contributed by atoms with van der Waals surface area (Å²) < 4.78 is 29.8. The fourth-order valence-corrected chi connectivity index (χ4v) is 3.91. The Morgan fingerprint density at radius 1 is 1.15 bits per heavy atom. The highest BCUT2D eigenvalue weighted by Crippen LogP contribution is 2.36. The largest absolute Gasteiger partial charge is 0.350 e. The first kappa shape index (κ1) is 21.9. The Morgan fingerprint density at radius 2 is 1.82 bits per heavy atom. The Hall–Kier alpha value is -3.87. The summed E-state index contributed by atoms with van der Waals surface area (Å²) in [5.74, 6) is 4.89. The van der Waals surface area contributed by atoms with Gasteiger partial charge in [0.1, 0.15) is 5.82 Å². The van der Waals surface area contributed by atoms with Gasteiger partial charge in [-0.3, -0.25) is 13.9 Å². The fraction of sp³-hybridized carbons (Fsp3) is 0.375. The molecule has 1 aromatic carbocycles. The Morgan fingerprint density at radius 3 is 2.47 bits per heavy atom. The number of hydrogen-bond donors (Lipinski definition) is 1. The van der Waals surface area contributed by atoms with Crippen LogP contribution in [-0.2, 0) is 0 Å². The minimum atomic E-state index is -0.935. The lowest BCUT2D eigenvalue weighted by molar-refractivity contribution is 0.459. The number of aromatic amines is 1. The summed E-state index contributed by atoms with van der Waals surface area (Å²) in [4.78, 5) is 36.7. The zero-order chi connectivity index (χ0) is 24.1. The third-order valence-electron chi connectivity index (χ3n) is 6.22. The molecule has 0 unspecified atom stereocenters.